The summed E-state index contributed by atoms with van der Waals surface area (Å²) < 4.78 is 1.73. The highest BCUT2D eigenvalue weighted by molar-refractivity contribution is 5.79. The van der Waals surface area contributed by atoms with Crippen molar-refractivity contribution >= 4 is 11.7 Å². The predicted octanol–water partition coefficient (Wildman–Crippen LogP) is 2.32. The molecule has 0 N–H and O–H groups in total. The van der Waals surface area contributed by atoms with Gasteiger partial charge in [0.15, 0.2) is 0 Å². The molecule has 3 heterocycles. The molecule has 0 unspecified atom stereocenters. The average molecular weight is 327 g/mol. The predicted molar refractivity (Wildman–Crippen MR) is 90.6 cm³/mol. The number of hydrogen-bond donors (Lipinski definition) is 0. The lowest BCUT2D eigenvalue weighted by Crippen LogP contribution is -2.45. The molecule has 2 aromatic rings. The van der Waals surface area contributed by atoms with Gasteiger partial charge in [-0.1, -0.05) is 19.3 Å². The van der Waals surface area contributed by atoms with E-state index in [4.69, 9.17) is 0 Å². The first kappa shape index (κ1) is 15.5. The van der Waals surface area contributed by atoms with Crippen LogP contribution in [0.4, 0.5) is 0 Å². The van der Waals surface area contributed by atoms with Gasteiger partial charge in [0.2, 0.25) is 5.91 Å². The molecule has 1 amide bonds. The second-order valence-corrected chi connectivity index (χ2v) is 7.34. The zero-order valence-corrected chi connectivity index (χ0v) is 14.5. The fraction of sp³-hybridized carbons (Fsp3) is 0.667. The van der Waals surface area contributed by atoms with Gasteiger partial charge in [-0.25, -0.2) is 9.50 Å². The number of fused-ring (bicyclic) bond motifs is 2. The van der Waals surface area contributed by atoms with Crippen molar-refractivity contribution in [3.63, 3.8) is 0 Å². The van der Waals surface area contributed by atoms with Crippen molar-refractivity contribution in [2.24, 2.45) is 11.8 Å². The van der Waals surface area contributed by atoms with Crippen LogP contribution in [-0.2, 0) is 11.2 Å². The SMILES string of the molecule is Cc1nc2ncnn2c(C)c1CC(=O)N1CC[C@H]2CCCC[C@H]2C1. The van der Waals surface area contributed by atoms with Crippen molar-refractivity contribution in [2.75, 3.05) is 13.1 Å². The third-order valence-electron chi connectivity index (χ3n) is 5.96. The minimum absolute atomic E-state index is 0.228. The number of rotatable bonds is 2. The van der Waals surface area contributed by atoms with Gasteiger partial charge in [0.05, 0.1) is 6.42 Å². The van der Waals surface area contributed by atoms with Crippen LogP contribution < -0.4 is 0 Å². The molecule has 4 rings (SSSR count). The van der Waals surface area contributed by atoms with E-state index < -0.39 is 0 Å². The lowest BCUT2D eigenvalue weighted by atomic mass is 9.75. The molecule has 0 radical (unpaired) electrons. The highest BCUT2D eigenvalue weighted by Crippen LogP contribution is 2.36. The Hall–Kier alpha value is -1.98. The number of carbonyl (C=O) groups is 1. The van der Waals surface area contributed by atoms with Crippen molar-refractivity contribution in [1.82, 2.24) is 24.5 Å². The van der Waals surface area contributed by atoms with Gasteiger partial charge in [0.25, 0.3) is 5.78 Å². The minimum Gasteiger partial charge on any atom is -0.342 e. The molecule has 1 saturated carbocycles. The standard InChI is InChI=1S/C18H25N5O/c1-12-16(13(2)23-18(21-12)19-11-20-23)9-17(24)22-8-7-14-5-3-4-6-15(14)10-22/h11,14-15H,3-10H2,1-2H3/t14-,15+/m1/s1. The molecule has 2 fully saturated rings. The van der Waals surface area contributed by atoms with Crippen molar-refractivity contribution in [1.29, 1.82) is 0 Å². The van der Waals surface area contributed by atoms with E-state index in [1.807, 2.05) is 13.8 Å². The Morgan fingerprint density at radius 1 is 1.21 bits per heavy atom. The van der Waals surface area contributed by atoms with Gasteiger partial charge >= 0.3 is 0 Å². The van der Waals surface area contributed by atoms with Gasteiger partial charge in [-0.05, 0) is 38.5 Å². The van der Waals surface area contributed by atoms with Crippen LogP contribution in [0.25, 0.3) is 5.78 Å². The summed E-state index contributed by atoms with van der Waals surface area (Å²) in [5.74, 6) is 2.39. The van der Waals surface area contributed by atoms with E-state index in [-0.39, 0.29) is 5.91 Å². The van der Waals surface area contributed by atoms with E-state index in [2.05, 4.69) is 20.0 Å². The molecule has 0 spiro atoms. The van der Waals surface area contributed by atoms with Crippen molar-refractivity contribution in [2.45, 2.75) is 52.4 Å². The van der Waals surface area contributed by atoms with Crippen LogP contribution in [-0.4, -0.2) is 43.5 Å². The lowest BCUT2D eigenvalue weighted by molar-refractivity contribution is -0.133. The van der Waals surface area contributed by atoms with Gasteiger partial charge in [0.1, 0.15) is 6.33 Å². The van der Waals surface area contributed by atoms with Gasteiger partial charge in [-0.2, -0.15) is 10.1 Å². The van der Waals surface area contributed by atoms with Crippen LogP contribution in [0.15, 0.2) is 6.33 Å². The van der Waals surface area contributed by atoms with Gasteiger partial charge in [-0.15, -0.1) is 0 Å². The summed E-state index contributed by atoms with van der Waals surface area (Å²) in [6.07, 6.45) is 8.45. The van der Waals surface area contributed by atoms with E-state index in [1.165, 1.54) is 38.4 Å². The minimum atomic E-state index is 0.228. The van der Waals surface area contributed by atoms with Crippen LogP contribution in [0.3, 0.4) is 0 Å². The molecular formula is C18H25N5O. The summed E-state index contributed by atoms with van der Waals surface area (Å²) in [6, 6.07) is 0. The maximum Gasteiger partial charge on any atom is 0.252 e. The summed E-state index contributed by atoms with van der Waals surface area (Å²) >= 11 is 0. The molecule has 2 aromatic heterocycles. The number of likely N-dealkylation sites (tertiary alicyclic amines) is 1. The van der Waals surface area contributed by atoms with Crippen LogP contribution in [0.2, 0.25) is 0 Å². The number of aromatic nitrogens is 4. The van der Waals surface area contributed by atoms with Crippen LogP contribution in [0.5, 0.6) is 0 Å². The monoisotopic (exact) mass is 327 g/mol. The smallest absolute Gasteiger partial charge is 0.252 e. The highest BCUT2D eigenvalue weighted by Gasteiger charge is 2.33. The first-order valence-electron chi connectivity index (χ1n) is 9.07. The summed E-state index contributed by atoms with van der Waals surface area (Å²) in [4.78, 5) is 23.6. The normalized spacial score (nSPS) is 24.2. The molecule has 128 valence electrons. The summed E-state index contributed by atoms with van der Waals surface area (Å²) in [7, 11) is 0. The number of hydrogen-bond acceptors (Lipinski definition) is 4. The fourth-order valence-electron chi connectivity index (χ4n) is 4.50. The Morgan fingerprint density at radius 2 is 2.00 bits per heavy atom. The summed E-state index contributed by atoms with van der Waals surface area (Å²) in [5, 5.41) is 4.21. The largest absolute Gasteiger partial charge is 0.342 e. The molecule has 24 heavy (non-hydrogen) atoms. The Morgan fingerprint density at radius 3 is 2.83 bits per heavy atom. The van der Waals surface area contributed by atoms with Crippen LogP contribution >= 0.6 is 0 Å². The van der Waals surface area contributed by atoms with Crippen LogP contribution in [0, 0.1) is 25.7 Å². The maximum atomic E-state index is 12.9. The highest BCUT2D eigenvalue weighted by atomic mass is 16.2. The second-order valence-electron chi connectivity index (χ2n) is 7.34. The zero-order chi connectivity index (χ0) is 16.7. The van der Waals surface area contributed by atoms with Crippen molar-refractivity contribution in [3.8, 4) is 0 Å². The third kappa shape index (κ3) is 2.68. The maximum absolute atomic E-state index is 12.9. The number of aryl methyl sites for hydroxylation is 2. The first-order valence-corrected chi connectivity index (χ1v) is 9.07. The van der Waals surface area contributed by atoms with Gasteiger partial charge in [0, 0.05) is 30.0 Å². The number of carbonyl (C=O) groups excluding carboxylic acids is 1. The van der Waals surface area contributed by atoms with Crippen molar-refractivity contribution in [3.05, 3.63) is 23.3 Å². The van der Waals surface area contributed by atoms with Crippen LogP contribution in [0.1, 0.15) is 49.1 Å². The Labute approximate surface area is 142 Å². The molecular weight excluding hydrogens is 302 g/mol. The van der Waals surface area contributed by atoms with E-state index in [0.717, 1.165) is 41.9 Å². The third-order valence-corrected chi connectivity index (χ3v) is 5.96. The number of piperidine rings is 1. The Bertz CT molecular complexity index is 768. The molecule has 2 atom stereocenters. The molecule has 1 aliphatic heterocycles. The Kier molecular flexibility index (Phi) is 3.98. The number of amides is 1. The van der Waals surface area contributed by atoms with Gasteiger partial charge < -0.3 is 4.90 Å². The first-order chi connectivity index (χ1) is 11.6. The molecule has 0 bridgehead atoms. The molecule has 1 saturated heterocycles. The second kappa shape index (κ2) is 6.15. The summed E-state index contributed by atoms with van der Waals surface area (Å²) in [5.41, 5.74) is 2.84. The fourth-order valence-corrected chi connectivity index (χ4v) is 4.50. The quantitative estimate of drug-likeness (QED) is 0.849. The molecule has 1 aliphatic carbocycles. The summed E-state index contributed by atoms with van der Waals surface area (Å²) in [6.45, 7) is 5.81. The zero-order valence-electron chi connectivity index (χ0n) is 14.5. The molecule has 2 aliphatic rings. The van der Waals surface area contributed by atoms with E-state index >= 15 is 0 Å². The Balaban J connectivity index is 1.52. The van der Waals surface area contributed by atoms with Crippen molar-refractivity contribution < 1.29 is 4.79 Å². The lowest BCUT2D eigenvalue weighted by Gasteiger charge is -2.41. The topological polar surface area (TPSA) is 63.4 Å². The van der Waals surface area contributed by atoms with E-state index in [1.54, 1.807) is 4.52 Å². The van der Waals surface area contributed by atoms with E-state index in [0.29, 0.717) is 12.2 Å². The average Bonchev–Trinajstić information content (AvgIpc) is 3.06. The number of nitrogens with zero attached hydrogens (tertiary/aromatic N) is 5. The molecule has 6 nitrogen and oxygen atoms in total. The molecule has 0 aromatic carbocycles. The van der Waals surface area contributed by atoms with Gasteiger partial charge in [-0.3, -0.25) is 4.79 Å². The van der Waals surface area contributed by atoms with E-state index in [9.17, 15) is 4.79 Å². The molecule has 6 heteroatoms.